The molecule has 1 heterocycles. The number of nitrogens with zero attached hydrogens (tertiary/aromatic N) is 1. The van der Waals surface area contributed by atoms with E-state index in [4.69, 9.17) is 11.6 Å². The van der Waals surface area contributed by atoms with E-state index in [0.29, 0.717) is 5.56 Å². The molecule has 1 rings (SSSR count). The van der Waals surface area contributed by atoms with Crippen molar-refractivity contribution >= 4 is 17.5 Å². The van der Waals surface area contributed by atoms with Crippen LogP contribution in [0.1, 0.15) is 36.0 Å². The van der Waals surface area contributed by atoms with Crippen LogP contribution >= 0.6 is 11.6 Å². The Kier molecular flexibility index (Phi) is 6.58. The Morgan fingerprint density at radius 3 is 2.56 bits per heavy atom. The Labute approximate surface area is 101 Å². The van der Waals surface area contributed by atoms with Crippen LogP contribution in [0.2, 0.25) is 0 Å². The maximum Gasteiger partial charge on any atom is 0.251 e. The van der Waals surface area contributed by atoms with Crippen LogP contribution in [0.25, 0.3) is 0 Å². The molecule has 0 unspecified atom stereocenters. The summed E-state index contributed by atoms with van der Waals surface area (Å²) >= 11 is 5.57. The van der Waals surface area contributed by atoms with Gasteiger partial charge in [0.15, 0.2) is 0 Å². The summed E-state index contributed by atoms with van der Waals surface area (Å²) in [5.74, 6) is 0.698. The summed E-state index contributed by atoms with van der Waals surface area (Å²) in [5.41, 5.74) is 0.663. The first-order chi connectivity index (χ1) is 7.84. The number of hydrogen-bond acceptors (Lipinski definition) is 2. The van der Waals surface area contributed by atoms with Crippen molar-refractivity contribution in [2.45, 2.75) is 25.7 Å². The molecule has 0 radical (unpaired) electrons. The van der Waals surface area contributed by atoms with E-state index < -0.39 is 0 Å². The van der Waals surface area contributed by atoms with Gasteiger partial charge in [0.2, 0.25) is 0 Å². The number of alkyl halides is 1. The number of amides is 1. The molecule has 0 saturated carbocycles. The number of nitrogens with one attached hydrogen (secondary N) is 1. The maximum atomic E-state index is 11.6. The average molecular weight is 241 g/mol. The van der Waals surface area contributed by atoms with E-state index >= 15 is 0 Å². The van der Waals surface area contributed by atoms with Crippen LogP contribution in [0.15, 0.2) is 24.5 Å². The summed E-state index contributed by atoms with van der Waals surface area (Å²) in [5, 5.41) is 2.88. The molecule has 0 aliphatic carbocycles. The van der Waals surface area contributed by atoms with Crippen LogP contribution in [0.5, 0.6) is 0 Å². The van der Waals surface area contributed by atoms with Crippen LogP contribution in [0.4, 0.5) is 0 Å². The van der Waals surface area contributed by atoms with Crippen LogP contribution in [0, 0.1) is 0 Å². The fourth-order valence-electron chi connectivity index (χ4n) is 1.38. The molecule has 16 heavy (non-hydrogen) atoms. The summed E-state index contributed by atoms with van der Waals surface area (Å²) in [6, 6.07) is 3.42. The molecule has 1 aromatic heterocycles. The summed E-state index contributed by atoms with van der Waals surface area (Å²) in [6.07, 6.45) is 7.55. The van der Waals surface area contributed by atoms with Gasteiger partial charge in [-0.3, -0.25) is 9.78 Å². The minimum absolute atomic E-state index is 0.0280. The van der Waals surface area contributed by atoms with Gasteiger partial charge in [0.25, 0.3) is 5.91 Å². The van der Waals surface area contributed by atoms with Gasteiger partial charge in [-0.1, -0.05) is 12.8 Å². The molecular weight excluding hydrogens is 224 g/mol. The molecule has 0 aromatic carbocycles. The molecule has 0 bridgehead atoms. The van der Waals surface area contributed by atoms with Crippen LogP contribution in [0.3, 0.4) is 0 Å². The largest absolute Gasteiger partial charge is 0.352 e. The Hall–Kier alpha value is -1.09. The summed E-state index contributed by atoms with van der Waals surface area (Å²) in [4.78, 5) is 15.4. The van der Waals surface area contributed by atoms with Gasteiger partial charge in [0.05, 0.1) is 0 Å². The number of rotatable bonds is 7. The molecular formula is C12H17ClN2O. The third-order valence-electron chi connectivity index (χ3n) is 2.29. The highest BCUT2D eigenvalue weighted by Crippen LogP contribution is 2.01. The molecule has 4 heteroatoms. The zero-order valence-electron chi connectivity index (χ0n) is 9.29. The number of carbonyl (C=O) groups is 1. The molecule has 1 aromatic rings. The highest BCUT2D eigenvalue weighted by atomic mass is 35.5. The zero-order chi connectivity index (χ0) is 11.6. The molecule has 1 amide bonds. The summed E-state index contributed by atoms with van der Waals surface area (Å²) in [7, 11) is 0. The molecule has 3 nitrogen and oxygen atoms in total. The average Bonchev–Trinajstić information content (AvgIpc) is 2.34. The minimum Gasteiger partial charge on any atom is -0.352 e. The number of unbranched alkanes of at least 4 members (excludes halogenated alkanes) is 3. The van der Waals surface area contributed by atoms with Crippen molar-refractivity contribution in [1.82, 2.24) is 10.3 Å². The fourth-order valence-corrected chi connectivity index (χ4v) is 1.57. The first kappa shape index (κ1) is 13.0. The lowest BCUT2D eigenvalue weighted by Gasteiger charge is -2.04. The Morgan fingerprint density at radius 1 is 1.19 bits per heavy atom. The Balaban J connectivity index is 2.12. The lowest BCUT2D eigenvalue weighted by Crippen LogP contribution is -2.24. The Bertz CT molecular complexity index is 303. The van der Waals surface area contributed by atoms with E-state index in [2.05, 4.69) is 10.3 Å². The van der Waals surface area contributed by atoms with Crippen molar-refractivity contribution in [3.8, 4) is 0 Å². The van der Waals surface area contributed by atoms with Gasteiger partial charge >= 0.3 is 0 Å². The second kappa shape index (κ2) is 8.11. The van der Waals surface area contributed by atoms with Gasteiger partial charge in [-0.15, -0.1) is 11.6 Å². The van der Waals surface area contributed by atoms with E-state index in [1.807, 2.05) is 0 Å². The minimum atomic E-state index is -0.0280. The number of hydrogen-bond donors (Lipinski definition) is 1. The highest BCUT2D eigenvalue weighted by Gasteiger charge is 2.02. The van der Waals surface area contributed by atoms with Crippen molar-refractivity contribution in [2.24, 2.45) is 0 Å². The van der Waals surface area contributed by atoms with E-state index in [9.17, 15) is 4.79 Å². The topological polar surface area (TPSA) is 42.0 Å². The first-order valence-electron chi connectivity index (χ1n) is 5.59. The van der Waals surface area contributed by atoms with Crippen molar-refractivity contribution in [1.29, 1.82) is 0 Å². The summed E-state index contributed by atoms with van der Waals surface area (Å²) < 4.78 is 0. The maximum absolute atomic E-state index is 11.6. The van der Waals surface area contributed by atoms with Gasteiger partial charge in [0.1, 0.15) is 0 Å². The molecule has 0 spiro atoms. The number of pyridine rings is 1. The number of carbonyl (C=O) groups excluding carboxylic acids is 1. The van der Waals surface area contributed by atoms with Crippen LogP contribution in [-0.4, -0.2) is 23.3 Å². The lowest BCUT2D eigenvalue weighted by molar-refractivity contribution is 0.0953. The quantitative estimate of drug-likeness (QED) is 0.588. The molecule has 0 aliphatic heterocycles. The fraction of sp³-hybridized carbons (Fsp3) is 0.500. The standard InChI is InChI=1S/C12H17ClN2O/c13-7-3-1-2-4-8-15-12(16)11-5-9-14-10-6-11/h5-6,9-10H,1-4,7-8H2,(H,15,16). The van der Waals surface area contributed by atoms with Gasteiger partial charge in [-0.2, -0.15) is 0 Å². The number of halogens is 1. The first-order valence-corrected chi connectivity index (χ1v) is 6.12. The third-order valence-corrected chi connectivity index (χ3v) is 2.56. The van der Waals surface area contributed by atoms with Gasteiger partial charge in [0, 0.05) is 30.4 Å². The normalized spacial score (nSPS) is 10.1. The van der Waals surface area contributed by atoms with Crippen molar-refractivity contribution in [2.75, 3.05) is 12.4 Å². The van der Waals surface area contributed by atoms with Crippen molar-refractivity contribution < 1.29 is 4.79 Å². The van der Waals surface area contributed by atoms with Crippen LogP contribution < -0.4 is 5.32 Å². The van der Waals surface area contributed by atoms with E-state index in [0.717, 1.165) is 38.1 Å². The predicted octanol–water partition coefficient (Wildman–Crippen LogP) is 2.61. The highest BCUT2D eigenvalue weighted by molar-refractivity contribution is 6.17. The van der Waals surface area contributed by atoms with Gasteiger partial charge in [-0.25, -0.2) is 0 Å². The van der Waals surface area contributed by atoms with E-state index in [-0.39, 0.29) is 5.91 Å². The third kappa shape index (κ3) is 5.12. The van der Waals surface area contributed by atoms with Crippen LogP contribution in [-0.2, 0) is 0 Å². The summed E-state index contributed by atoms with van der Waals surface area (Å²) in [6.45, 7) is 0.726. The second-order valence-corrected chi connectivity index (χ2v) is 3.97. The van der Waals surface area contributed by atoms with E-state index in [1.165, 1.54) is 0 Å². The molecule has 0 saturated heterocycles. The molecule has 0 fully saturated rings. The van der Waals surface area contributed by atoms with E-state index in [1.54, 1.807) is 24.5 Å². The van der Waals surface area contributed by atoms with Gasteiger partial charge < -0.3 is 5.32 Å². The van der Waals surface area contributed by atoms with Crippen molar-refractivity contribution in [3.63, 3.8) is 0 Å². The lowest BCUT2D eigenvalue weighted by atomic mass is 10.2. The Morgan fingerprint density at radius 2 is 1.88 bits per heavy atom. The van der Waals surface area contributed by atoms with Crippen molar-refractivity contribution in [3.05, 3.63) is 30.1 Å². The predicted molar refractivity (Wildman–Crippen MR) is 65.8 cm³/mol. The number of aromatic nitrogens is 1. The molecule has 1 N–H and O–H groups in total. The molecule has 0 atom stereocenters. The van der Waals surface area contributed by atoms with Gasteiger partial charge in [-0.05, 0) is 25.0 Å². The SMILES string of the molecule is O=C(NCCCCCCCl)c1ccncc1. The molecule has 0 aliphatic rings. The second-order valence-electron chi connectivity index (χ2n) is 3.59. The monoisotopic (exact) mass is 240 g/mol. The smallest absolute Gasteiger partial charge is 0.251 e. The molecule has 88 valence electrons. The zero-order valence-corrected chi connectivity index (χ0v) is 10.0.